The number of rotatable bonds is 6. The third-order valence-corrected chi connectivity index (χ3v) is 4.62. The van der Waals surface area contributed by atoms with E-state index < -0.39 is 6.10 Å². The van der Waals surface area contributed by atoms with Crippen molar-refractivity contribution in [2.45, 2.75) is 18.9 Å². The maximum Gasteiger partial charge on any atom is 0.265 e. The molecule has 2 aromatic rings. The summed E-state index contributed by atoms with van der Waals surface area (Å²) in [5.41, 5.74) is 0.830. The maximum absolute atomic E-state index is 12.8. The van der Waals surface area contributed by atoms with Gasteiger partial charge < -0.3 is 15.4 Å². The van der Waals surface area contributed by atoms with Crippen LogP contribution in [0.5, 0.6) is 5.75 Å². The van der Waals surface area contributed by atoms with E-state index >= 15 is 0 Å². The topological polar surface area (TPSA) is 50.4 Å². The molecule has 1 saturated heterocycles. The molecule has 0 aromatic heterocycles. The van der Waals surface area contributed by atoms with Gasteiger partial charge in [-0.05, 0) is 56.1 Å². The summed E-state index contributed by atoms with van der Waals surface area (Å²) in [4.78, 5) is 12.8. The van der Waals surface area contributed by atoms with Gasteiger partial charge in [-0.1, -0.05) is 41.9 Å². The third-order valence-electron chi connectivity index (χ3n) is 4.37. The van der Waals surface area contributed by atoms with Crippen LogP contribution in [0.2, 0.25) is 5.02 Å². The van der Waals surface area contributed by atoms with Crippen molar-refractivity contribution >= 4 is 29.9 Å². The minimum Gasteiger partial charge on any atom is -0.476 e. The van der Waals surface area contributed by atoms with E-state index in [0.717, 1.165) is 31.5 Å². The minimum absolute atomic E-state index is 0. The van der Waals surface area contributed by atoms with Gasteiger partial charge in [0, 0.05) is 17.1 Å². The summed E-state index contributed by atoms with van der Waals surface area (Å²) in [6, 6.07) is 16.6. The fourth-order valence-corrected chi connectivity index (χ4v) is 3.11. The van der Waals surface area contributed by atoms with Crippen LogP contribution in [-0.2, 0) is 4.79 Å². The molecular formula is C20H24Cl2N2O2. The Morgan fingerprint density at radius 2 is 1.92 bits per heavy atom. The Morgan fingerprint density at radius 1 is 1.19 bits per heavy atom. The Kier molecular flexibility index (Phi) is 8.23. The summed E-state index contributed by atoms with van der Waals surface area (Å²) in [5.74, 6) is 0.976. The molecule has 0 radical (unpaired) electrons. The van der Waals surface area contributed by atoms with E-state index in [1.165, 1.54) is 0 Å². The van der Waals surface area contributed by atoms with Crippen molar-refractivity contribution in [1.29, 1.82) is 0 Å². The molecule has 0 bridgehead atoms. The largest absolute Gasteiger partial charge is 0.476 e. The van der Waals surface area contributed by atoms with Gasteiger partial charge in [-0.15, -0.1) is 12.4 Å². The zero-order chi connectivity index (χ0) is 17.5. The number of halogens is 2. The Labute approximate surface area is 165 Å². The molecule has 1 aliphatic rings. The van der Waals surface area contributed by atoms with Crippen molar-refractivity contribution in [2.24, 2.45) is 5.92 Å². The van der Waals surface area contributed by atoms with Crippen molar-refractivity contribution in [2.75, 3.05) is 19.6 Å². The monoisotopic (exact) mass is 394 g/mol. The molecule has 2 atom stereocenters. The van der Waals surface area contributed by atoms with Gasteiger partial charge in [0.1, 0.15) is 5.75 Å². The molecule has 1 amide bonds. The number of carbonyl (C=O) groups excluding carboxylic acids is 1. The fraction of sp³-hybridized carbons (Fsp3) is 0.350. The predicted molar refractivity (Wildman–Crippen MR) is 107 cm³/mol. The number of benzene rings is 2. The van der Waals surface area contributed by atoms with E-state index in [9.17, 15) is 4.79 Å². The average molecular weight is 395 g/mol. The lowest BCUT2D eigenvalue weighted by Crippen LogP contribution is -2.40. The van der Waals surface area contributed by atoms with Crippen LogP contribution in [0.15, 0.2) is 54.6 Å². The van der Waals surface area contributed by atoms with Gasteiger partial charge in [0.25, 0.3) is 5.91 Å². The van der Waals surface area contributed by atoms with Gasteiger partial charge in [0.05, 0.1) is 0 Å². The van der Waals surface area contributed by atoms with E-state index in [0.29, 0.717) is 23.2 Å². The molecule has 4 nitrogen and oxygen atoms in total. The summed E-state index contributed by atoms with van der Waals surface area (Å²) < 4.78 is 5.97. The number of nitrogens with one attached hydrogen (secondary N) is 2. The molecule has 0 spiro atoms. The number of hydrogen-bond acceptors (Lipinski definition) is 3. The van der Waals surface area contributed by atoms with Gasteiger partial charge in [-0.3, -0.25) is 4.79 Å². The number of carbonyl (C=O) groups is 1. The van der Waals surface area contributed by atoms with Crippen molar-refractivity contribution < 1.29 is 9.53 Å². The standard InChI is InChI=1S/C20H23ClN2O2.ClH/c21-17-8-10-18(11-9-17)25-19(16-6-2-1-3-7-16)20(24)23-14-15-5-4-12-22-13-15;/h1-3,6-11,15,19,22H,4-5,12-14H2,(H,23,24);1H. The van der Waals surface area contributed by atoms with Crippen molar-refractivity contribution in [3.63, 3.8) is 0 Å². The van der Waals surface area contributed by atoms with Crippen LogP contribution in [0.4, 0.5) is 0 Å². The van der Waals surface area contributed by atoms with E-state index in [1.807, 2.05) is 30.3 Å². The fourth-order valence-electron chi connectivity index (χ4n) is 2.99. The first-order valence-corrected chi connectivity index (χ1v) is 9.06. The quantitative estimate of drug-likeness (QED) is 0.778. The summed E-state index contributed by atoms with van der Waals surface area (Å²) in [5, 5.41) is 7.06. The first kappa shape index (κ1) is 20.6. The molecule has 26 heavy (non-hydrogen) atoms. The number of ether oxygens (including phenoxy) is 1. The number of amides is 1. The van der Waals surface area contributed by atoms with Gasteiger partial charge in [0.15, 0.2) is 0 Å². The van der Waals surface area contributed by atoms with Crippen LogP contribution in [0, 0.1) is 5.92 Å². The van der Waals surface area contributed by atoms with Crippen LogP contribution in [0.3, 0.4) is 0 Å². The highest BCUT2D eigenvalue weighted by Crippen LogP contribution is 2.24. The first-order chi connectivity index (χ1) is 12.2. The zero-order valence-corrected chi connectivity index (χ0v) is 16.1. The smallest absolute Gasteiger partial charge is 0.265 e. The molecule has 6 heteroatoms. The zero-order valence-electron chi connectivity index (χ0n) is 14.5. The van der Waals surface area contributed by atoms with Crippen LogP contribution in [-0.4, -0.2) is 25.5 Å². The molecular weight excluding hydrogens is 371 g/mol. The van der Waals surface area contributed by atoms with E-state index in [-0.39, 0.29) is 18.3 Å². The number of piperidine rings is 1. The summed E-state index contributed by atoms with van der Waals surface area (Å²) in [7, 11) is 0. The van der Waals surface area contributed by atoms with Crippen molar-refractivity contribution in [3.05, 3.63) is 65.2 Å². The summed E-state index contributed by atoms with van der Waals surface area (Å²) >= 11 is 5.92. The van der Waals surface area contributed by atoms with Crippen LogP contribution < -0.4 is 15.4 Å². The predicted octanol–water partition coefficient (Wildman–Crippen LogP) is 4.00. The van der Waals surface area contributed by atoms with Crippen LogP contribution in [0.1, 0.15) is 24.5 Å². The molecule has 0 aliphatic carbocycles. The van der Waals surface area contributed by atoms with E-state index in [1.54, 1.807) is 24.3 Å². The molecule has 2 aromatic carbocycles. The Hall–Kier alpha value is -1.75. The normalized spacial score (nSPS) is 17.7. The first-order valence-electron chi connectivity index (χ1n) is 8.68. The lowest BCUT2D eigenvalue weighted by Gasteiger charge is -2.25. The summed E-state index contributed by atoms with van der Waals surface area (Å²) in [6.07, 6.45) is 1.62. The second kappa shape index (κ2) is 10.4. The summed E-state index contributed by atoms with van der Waals surface area (Å²) in [6.45, 7) is 2.68. The Balaban J connectivity index is 0.00000243. The van der Waals surface area contributed by atoms with Gasteiger partial charge in [-0.2, -0.15) is 0 Å². The minimum atomic E-state index is -0.682. The highest BCUT2D eigenvalue weighted by atomic mass is 35.5. The average Bonchev–Trinajstić information content (AvgIpc) is 2.67. The van der Waals surface area contributed by atoms with E-state index in [2.05, 4.69) is 10.6 Å². The molecule has 0 saturated carbocycles. The van der Waals surface area contributed by atoms with Crippen molar-refractivity contribution in [1.82, 2.24) is 10.6 Å². The molecule has 1 heterocycles. The molecule has 1 aliphatic heterocycles. The van der Waals surface area contributed by atoms with Gasteiger partial charge in [0.2, 0.25) is 6.10 Å². The molecule has 2 unspecified atom stereocenters. The maximum atomic E-state index is 12.8. The Morgan fingerprint density at radius 3 is 2.58 bits per heavy atom. The second-order valence-corrected chi connectivity index (χ2v) is 6.76. The number of hydrogen-bond donors (Lipinski definition) is 2. The van der Waals surface area contributed by atoms with Crippen LogP contribution in [0.25, 0.3) is 0 Å². The van der Waals surface area contributed by atoms with Crippen LogP contribution >= 0.6 is 24.0 Å². The van der Waals surface area contributed by atoms with Gasteiger partial charge in [-0.25, -0.2) is 0 Å². The molecule has 140 valence electrons. The molecule has 3 rings (SSSR count). The molecule has 2 N–H and O–H groups in total. The van der Waals surface area contributed by atoms with E-state index in [4.69, 9.17) is 16.3 Å². The SMILES string of the molecule is Cl.O=C(NCC1CCCNC1)C(Oc1ccc(Cl)cc1)c1ccccc1. The highest BCUT2D eigenvalue weighted by Gasteiger charge is 2.24. The molecule has 1 fully saturated rings. The highest BCUT2D eigenvalue weighted by molar-refractivity contribution is 6.30. The Bertz CT molecular complexity index is 674. The lowest BCUT2D eigenvalue weighted by molar-refractivity contribution is -0.128. The second-order valence-electron chi connectivity index (χ2n) is 6.32. The third kappa shape index (κ3) is 5.90. The van der Waals surface area contributed by atoms with Gasteiger partial charge >= 0.3 is 0 Å². The lowest BCUT2D eigenvalue weighted by atomic mass is 9.99. The van der Waals surface area contributed by atoms with Crippen molar-refractivity contribution in [3.8, 4) is 5.75 Å².